The first-order valence-electron chi connectivity index (χ1n) is 6.93. The first kappa shape index (κ1) is 11.9. The molecule has 0 aromatic heterocycles. The van der Waals surface area contributed by atoms with Gasteiger partial charge in [-0.1, -0.05) is 48.5 Å². The number of hydrogen-bond donors (Lipinski definition) is 2. The second-order valence-corrected chi connectivity index (χ2v) is 5.84. The van der Waals surface area contributed by atoms with E-state index in [2.05, 4.69) is 30.3 Å². The van der Waals surface area contributed by atoms with Gasteiger partial charge in [-0.15, -0.1) is 0 Å². The van der Waals surface area contributed by atoms with Gasteiger partial charge in [-0.05, 0) is 39.6 Å². The molecule has 0 aliphatic heterocycles. The summed E-state index contributed by atoms with van der Waals surface area (Å²) in [7, 11) is 0. The average Bonchev–Trinajstić information content (AvgIpc) is 2.69. The normalized spacial score (nSPS) is 25.2. The van der Waals surface area contributed by atoms with Crippen molar-refractivity contribution in [3.05, 3.63) is 59.7 Å². The van der Waals surface area contributed by atoms with Crippen LogP contribution < -0.4 is 0 Å². The van der Waals surface area contributed by atoms with E-state index in [0.29, 0.717) is 6.42 Å². The lowest BCUT2D eigenvalue weighted by molar-refractivity contribution is -0.0529. The summed E-state index contributed by atoms with van der Waals surface area (Å²) >= 11 is 0. The Balaban J connectivity index is 2.13. The molecule has 0 heterocycles. The predicted molar refractivity (Wildman–Crippen MR) is 80.7 cm³/mol. The monoisotopic (exact) mass is 264 g/mol. The maximum Gasteiger partial charge on any atom is 0.113 e. The van der Waals surface area contributed by atoms with Gasteiger partial charge in [0.25, 0.3) is 0 Å². The molecule has 2 atom stereocenters. The van der Waals surface area contributed by atoms with Crippen LogP contribution in [0.3, 0.4) is 0 Å². The SMILES string of the molecule is CC1(O)c2ccc3c(ccc4ccccc43)c2CC1O. The molecule has 0 amide bonds. The molecule has 0 spiro atoms. The maximum atomic E-state index is 10.4. The van der Waals surface area contributed by atoms with Gasteiger partial charge in [-0.3, -0.25) is 0 Å². The standard InChI is InChI=1S/C18H16O2/c1-18(20)16-9-8-13-12-5-3-2-4-11(12)6-7-14(13)15(16)10-17(18)19/h2-9,17,19-20H,10H2,1H3. The van der Waals surface area contributed by atoms with Crippen molar-refractivity contribution in [1.29, 1.82) is 0 Å². The highest BCUT2D eigenvalue weighted by Crippen LogP contribution is 2.41. The zero-order chi connectivity index (χ0) is 13.9. The van der Waals surface area contributed by atoms with Crippen LogP contribution in [0.25, 0.3) is 21.5 Å². The van der Waals surface area contributed by atoms with E-state index in [-0.39, 0.29) is 0 Å². The summed E-state index contributed by atoms with van der Waals surface area (Å²) in [6, 6.07) is 16.5. The Kier molecular flexibility index (Phi) is 2.27. The average molecular weight is 264 g/mol. The molecule has 2 N–H and O–H groups in total. The molecule has 0 radical (unpaired) electrons. The lowest BCUT2D eigenvalue weighted by Crippen LogP contribution is -2.31. The third-order valence-electron chi connectivity index (χ3n) is 4.63. The molecule has 0 saturated heterocycles. The highest BCUT2D eigenvalue weighted by atomic mass is 16.3. The Bertz CT molecular complexity index is 833. The fraction of sp³-hybridized carbons (Fsp3) is 0.222. The van der Waals surface area contributed by atoms with E-state index in [1.165, 1.54) is 16.2 Å². The molecule has 100 valence electrons. The number of aliphatic hydroxyl groups excluding tert-OH is 1. The summed E-state index contributed by atoms with van der Waals surface area (Å²) in [6.45, 7) is 1.69. The summed E-state index contributed by atoms with van der Waals surface area (Å²) in [5.41, 5.74) is 0.786. The molecule has 1 aliphatic carbocycles. The Hall–Kier alpha value is -1.90. The lowest BCUT2D eigenvalue weighted by atomic mass is 9.92. The molecule has 0 fully saturated rings. The van der Waals surface area contributed by atoms with E-state index in [0.717, 1.165) is 16.5 Å². The van der Waals surface area contributed by atoms with Crippen molar-refractivity contribution < 1.29 is 10.2 Å². The van der Waals surface area contributed by atoms with Crippen LogP contribution in [0.4, 0.5) is 0 Å². The Morgan fingerprint density at radius 1 is 0.950 bits per heavy atom. The summed E-state index contributed by atoms with van der Waals surface area (Å²) in [5, 5.41) is 25.3. The Morgan fingerprint density at radius 2 is 1.70 bits per heavy atom. The Morgan fingerprint density at radius 3 is 2.55 bits per heavy atom. The largest absolute Gasteiger partial charge is 0.389 e. The molecular weight excluding hydrogens is 248 g/mol. The first-order valence-corrected chi connectivity index (χ1v) is 6.93. The zero-order valence-corrected chi connectivity index (χ0v) is 11.3. The van der Waals surface area contributed by atoms with E-state index < -0.39 is 11.7 Å². The highest BCUT2D eigenvalue weighted by Gasteiger charge is 2.41. The van der Waals surface area contributed by atoms with E-state index >= 15 is 0 Å². The molecule has 2 nitrogen and oxygen atoms in total. The van der Waals surface area contributed by atoms with Gasteiger partial charge in [0.2, 0.25) is 0 Å². The molecule has 4 rings (SSSR count). The van der Waals surface area contributed by atoms with Crippen molar-refractivity contribution in [3.8, 4) is 0 Å². The zero-order valence-electron chi connectivity index (χ0n) is 11.3. The van der Waals surface area contributed by atoms with Gasteiger partial charge < -0.3 is 10.2 Å². The van der Waals surface area contributed by atoms with Crippen LogP contribution in [0.2, 0.25) is 0 Å². The molecule has 0 saturated carbocycles. The fourth-order valence-electron chi connectivity index (χ4n) is 3.42. The first-order chi connectivity index (χ1) is 9.59. The van der Waals surface area contributed by atoms with Crippen LogP contribution in [0.5, 0.6) is 0 Å². The quantitative estimate of drug-likeness (QED) is 0.612. The van der Waals surface area contributed by atoms with Crippen molar-refractivity contribution in [3.63, 3.8) is 0 Å². The van der Waals surface area contributed by atoms with Crippen molar-refractivity contribution in [1.82, 2.24) is 0 Å². The van der Waals surface area contributed by atoms with Gasteiger partial charge in [0.05, 0.1) is 6.10 Å². The molecule has 20 heavy (non-hydrogen) atoms. The topological polar surface area (TPSA) is 40.5 Å². The molecule has 2 unspecified atom stereocenters. The molecule has 3 aromatic rings. The van der Waals surface area contributed by atoms with E-state index in [1.54, 1.807) is 6.92 Å². The smallest absolute Gasteiger partial charge is 0.113 e. The number of rotatable bonds is 0. The maximum absolute atomic E-state index is 10.4. The number of benzene rings is 3. The number of fused-ring (bicyclic) bond motifs is 5. The van der Waals surface area contributed by atoms with Gasteiger partial charge in [-0.2, -0.15) is 0 Å². The molecular formula is C18H16O2. The van der Waals surface area contributed by atoms with Crippen molar-refractivity contribution in [2.75, 3.05) is 0 Å². The van der Waals surface area contributed by atoms with E-state index in [1.807, 2.05) is 18.2 Å². The van der Waals surface area contributed by atoms with Crippen LogP contribution >= 0.6 is 0 Å². The van der Waals surface area contributed by atoms with Gasteiger partial charge in [0.15, 0.2) is 0 Å². The Labute approximate surface area is 117 Å². The molecule has 0 bridgehead atoms. The van der Waals surface area contributed by atoms with Gasteiger partial charge in [-0.25, -0.2) is 0 Å². The van der Waals surface area contributed by atoms with Crippen molar-refractivity contribution in [2.45, 2.75) is 25.0 Å². The fourth-order valence-corrected chi connectivity index (χ4v) is 3.42. The van der Waals surface area contributed by atoms with Gasteiger partial charge in [0, 0.05) is 6.42 Å². The van der Waals surface area contributed by atoms with Crippen molar-refractivity contribution in [2.24, 2.45) is 0 Å². The summed E-state index contributed by atoms with van der Waals surface area (Å²) < 4.78 is 0. The number of hydrogen-bond acceptors (Lipinski definition) is 2. The van der Waals surface area contributed by atoms with E-state index in [9.17, 15) is 10.2 Å². The van der Waals surface area contributed by atoms with Crippen molar-refractivity contribution >= 4 is 21.5 Å². The van der Waals surface area contributed by atoms with Gasteiger partial charge >= 0.3 is 0 Å². The predicted octanol–water partition coefficient (Wildman–Crippen LogP) is 3.12. The lowest BCUT2D eigenvalue weighted by Gasteiger charge is -2.22. The van der Waals surface area contributed by atoms with Crippen LogP contribution in [-0.2, 0) is 12.0 Å². The van der Waals surface area contributed by atoms with Crippen LogP contribution in [-0.4, -0.2) is 16.3 Å². The summed E-state index contributed by atoms with van der Waals surface area (Å²) in [5.74, 6) is 0. The molecule has 1 aliphatic rings. The van der Waals surface area contributed by atoms with Gasteiger partial charge in [0.1, 0.15) is 5.60 Å². The van der Waals surface area contributed by atoms with Crippen LogP contribution in [0.15, 0.2) is 48.5 Å². The second kappa shape index (κ2) is 3.81. The minimum atomic E-state index is -1.14. The minimum Gasteiger partial charge on any atom is -0.389 e. The third-order valence-corrected chi connectivity index (χ3v) is 4.63. The molecule has 3 aromatic carbocycles. The summed E-state index contributed by atoms with van der Waals surface area (Å²) in [6.07, 6.45) is -0.215. The second-order valence-electron chi connectivity index (χ2n) is 5.84. The van der Waals surface area contributed by atoms with Crippen LogP contribution in [0, 0.1) is 0 Å². The molecule has 2 heteroatoms. The minimum absolute atomic E-state index is 0.512. The highest BCUT2D eigenvalue weighted by molar-refractivity contribution is 6.08. The summed E-state index contributed by atoms with van der Waals surface area (Å²) in [4.78, 5) is 0. The van der Waals surface area contributed by atoms with E-state index in [4.69, 9.17) is 0 Å². The number of aliphatic hydroxyl groups is 2. The van der Waals surface area contributed by atoms with Crippen LogP contribution in [0.1, 0.15) is 18.1 Å². The third kappa shape index (κ3) is 1.41.